The molecule has 0 atom stereocenters. The Labute approximate surface area is 104 Å². The van der Waals surface area contributed by atoms with E-state index in [1.165, 1.54) is 16.2 Å². The van der Waals surface area contributed by atoms with Crippen LogP contribution in [0.25, 0.3) is 0 Å². The number of halogens is 1. The average Bonchev–Trinajstić information content (AvgIpc) is 2.65. The first-order valence-electron chi connectivity index (χ1n) is 5.23. The van der Waals surface area contributed by atoms with Gasteiger partial charge in [-0.15, -0.1) is 11.3 Å². The highest BCUT2D eigenvalue weighted by Crippen LogP contribution is 2.19. The molecular weight excluding hydrogens is 246 g/mol. The van der Waals surface area contributed by atoms with Gasteiger partial charge in [0.1, 0.15) is 0 Å². The maximum atomic E-state index is 11.1. The van der Waals surface area contributed by atoms with Crippen LogP contribution in [0.4, 0.5) is 0 Å². The Hall–Kier alpha value is -0.650. The van der Waals surface area contributed by atoms with Gasteiger partial charge in [0.05, 0.1) is 0 Å². The molecule has 1 aliphatic heterocycles. The lowest BCUT2D eigenvalue weighted by Crippen LogP contribution is -2.47. The molecule has 1 fully saturated rings. The largest absolute Gasteiger partial charge is 0.340 e. The number of rotatable bonds is 2. The Morgan fingerprint density at radius 3 is 2.69 bits per heavy atom. The molecule has 1 amide bonds. The van der Waals surface area contributed by atoms with Gasteiger partial charge in [0, 0.05) is 50.7 Å². The van der Waals surface area contributed by atoms with Crippen LogP contribution in [0.15, 0.2) is 6.20 Å². The number of hydrogen-bond acceptors (Lipinski definition) is 4. The monoisotopic (exact) mass is 259 g/mol. The fourth-order valence-corrected chi connectivity index (χ4v) is 2.82. The molecule has 2 heterocycles. The lowest BCUT2D eigenvalue weighted by Gasteiger charge is -2.33. The number of carbonyl (C=O) groups is 1. The van der Waals surface area contributed by atoms with E-state index in [-0.39, 0.29) is 5.91 Å². The summed E-state index contributed by atoms with van der Waals surface area (Å²) in [6, 6.07) is 0. The standard InChI is InChI=1S/C10H14ClN3OS/c1-8(15)14-4-2-13(3-5-14)7-9-6-12-10(11)16-9/h6H,2-5,7H2,1H3. The van der Waals surface area contributed by atoms with E-state index in [9.17, 15) is 4.79 Å². The minimum atomic E-state index is 0.167. The van der Waals surface area contributed by atoms with Crippen molar-refractivity contribution >= 4 is 28.8 Å². The molecule has 0 aromatic carbocycles. The fraction of sp³-hybridized carbons (Fsp3) is 0.600. The van der Waals surface area contributed by atoms with Crippen LogP contribution < -0.4 is 0 Å². The number of piperazine rings is 1. The summed E-state index contributed by atoms with van der Waals surface area (Å²) in [6.45, 7) is 6.00. The maximum Gasteiger partial charge on any atom is 0.219 e. The van der Waals surface area contributed by atoms with E-state index in [1.54, 1.807) is 6.92 Å². The molecule has 1 aromatic heterocycles. The van der Waals surface area contributed by atoms with Gasteiger partial charge in [0.15, 0.2) is 4.47 Å². The van der Waals surface area contributed by atoms with Gasteiger partial charge in [0.2, 0.25) is 5.91 Å². The second-order valence-corrected chi connectivity index (χ2v) is 5.56. The fourth-order valence-electron chi connectivity index (χ4n) is 1.80. The van der Waals surface area contributed by atoms with Crippen molar-refractivity contribution in [2.75, 3.05) is 26.2 Å². The van der Waals surface area contributed by atoms with Crippen molar-refractivity contribution in [3.8, 4) is 0 Å². The van der Waals surface area contributed by atoms with Crippen molar-refractivity contribution in [3.63, 3.8) is 0 Å². The zero-order valence-electron chi connectivity index (χ0n) is 9.15. The first-order valence-corrected chi connectivity index (χ1v) is 6.42. The summed E-state index contributed by atoms with van der Waals surface area (Å²) in [5, 5.41) is 0. The summed E-state index contributed by atoms with van der Waals surface area (Å²) in [5.41, 5.74) is 0. The van der Waals surface area contributed by atoms with Gasteiger partial charge in [-0.25, -0.2) is 4.98 Å². The Kier molecular flexibility index (Phi) is 3.78. The Morgan fingerprint density at radius 2 is 2.19 bits per heavy atom. The van der Waals surface area contributed by atoms with E-state index in [1.807, 2.05) is 11.1 Å². The average molecular weight is 260 g/mol. The molecule has 1 aliphatic rings. The first-order chi connectivity index (χ1) is 7.65. The number of nitrogens with zero attached hydrogens (tertiary/aromatic N) is 3. The second kappa shape index (κ2) is 5.12. The molecule has 1 saturated heterocycles. The van der Waals surface area contributed by atoms with E-state index in [0.717, 1.165) is 32.7 Å². The molecule has 1 aromatic rings. The van der Waals surface area contributed by atoms with E-state index in [4.69, 9.17) is 11.6 Å². The predicted octanol–water partition coefficient (Wildman–Crippen LogP) is 1.46. The smallest absolute Gasteiger partial charge is 0.219 e. The van der Waals surface area contributed by atoms with E-state index >= 15 is 0 Å². The number of amides is 1. The summed E-state index contributed by atoms with van der Waals surface area (Å²) in [4.78, 5) is 20.6. The van der Waals surface area contributed by atoms with Crippen LogP contribution in [0, 0.1) is 0 Å². The Bertz CT molecular complexity index is 374. The van der Waals surface area contributed by atoms with Crippen molar-refractivity contribution in [2.24, 2.45) is 0 Å². The minimum Gasteiger partial charge on any atom is -0.340 e. The molecule has 2 rings (SSSR count). The minimum absolute atomic E-state index is 0.167. The maximum absolute atomic E-state index is 11.1. The zero-order chi connectivity index (χ0) is 11.5. The molecule has 0 spiro atoms. The second-order valence-electron chi connectivity index (χ2n) is 3.86. The molecule has 0 saturated carbocycles. The van der Waals surface area contributed by atoms with Gasteiger partial charge in [-0.2, -0.15) is 0 Å². The van der Waals surface area contributed by atoms with Crippen LogP contribution in [0.1, 0.15) is 11.8 Å². The third kappa shape index (κ3) is 2.93. The summed E-state index contributed by atoms with van der Waals surface area (Å²) in [7, 11) is 0. The van der Waals surface area contributed by atoms with Gasteiger partial charge in [-0.1, -0.05) is 11.6 Å². The Morgan fingerprint density at radius 1 is 1.50 bits per heavy atom. The van der Waals surface area contributed by atoms with Crippen molar-refractivity contribution in [1.29, 1.82) is 0 Å². The molecular formula is C10H14ClN3OS. The van der Waals surface area contributed by atoms with Crippen LogP contribution in [0.5, 0.6) is 0 Å². The van der Waals surface area contributed by atoms with Gasteiger partial charge in [-0.3, -0.25) is 9.69 Å². The third-order valence-electron chi connectivity index (χ3n) is 2.72. The molecule has 4 nitrogen and oxygen atoms in total. The molecule has 6 heteroatoms. The topological polar surface area (TPSA) is 36.4 Å². The van der Waals surface area contributed by atoms with E-state index < -0.39 is 0 Å². The summed E-state index contributed by atoms with van der Waals surface area (Å²) < 4.78 is 0.595. The Balaban J connectivity index is 1.83. The van der Waals surface area contributed by atoms with Crippen molar-refractivity contribution in [3.05, 3.63) is 15.5 Å². The van der Waals surface area contributed by atoms with E-state index in [2.05, 4.69) is 9.88 Å². The molecule has 0 N–H and O–H groups in total. The lowest BCUT2D eigenvalue weighted by molar-refractivity contribution is -0.130. The highest BCUT2D eigenvalue weighted by molar-refractivity contribution is 7.15. The van der Waals surface area contributed by atoms with Crippen molar-refractivity contribution < 1.29 is 4.79 Å². The van der Waals surface area contributed by atoms with E-state index in [0.29, 0.717) is 4.47 Å². The summed E-state index contributed by atoms with van der Waals surface area (Å²) in [5.74, 6) is 0.167. The van der Waals surface area contributed by atoms with Crippen LogP contribution in [0.2, 0.25) is 4.47 Å². The number of thiazole rings is 1. The van der Waals surface area contributed by atoms with Gasteiger partial charge >= 0.3 is 0 Å². The SMILES string of the molecule is CC(=O)N1CCN(Cc2cnc(Cl)s2)CC1. The predicted molar refractivity (Wildman–Crippen MR) is 64.7 cm³/mol. The summed E-state index contributed by atoms with van der Waals surface area (Å²) in [6.07, 6.45) is 1.82. The van der Waals surface area contributed by atoms with Crippen LogP contribution in [0.3, 0.4) is 0 Å². The zero-order valence-corrected chi connectivity index (χ0v) is 10.7. The molecule has 0 bridgehead atoms. The highest BCUT2D eigenvalue weighted by Gasteiger charge is 2.18. The van der Waals surface area contributed by atoms with Crippen LogP contribution in [-0.2, 0) is 11.3 Å². The van der Waals surface area contributed by atoms with Crippen LogP contribution in [-0.4, -0.2) is 46.9 Å². The summed E-state index contributed by atoms with van der Waals surface area (Å²) >= 11 is 7.30. The van der Waals surface area contributed by atoms with Crippen molar-refractivity contribution in [2.45, 2.75) is 13.5 Å². The quantitative estimate of drug-likeness (QED) is 0.807. The molecule has 16 heavy (non-hydrogen) atoms. The normalized spacial score (nSPS) is 17.8. The van der Waals surface area contributed by atoms with Crippen molar-refractivity contribution in [1.82, 2.24) is 14.8 Å². The van der Waals surface area contributed by atoms with Gasteiger partial charge < -0.3 is 4.90 Å². The highest BCUT2D eigenvalue weighted by atomic mass is 35.5. The molecule has 0 aliphatic carbocycles. The number of carbonyl (C=O) groups excluding carboxylic acids is 1. The molecule has 0 unspecified atom stereocenters. The number of hydrogen-bond donors (Lipinski definition) is 0. The molecule has 0 radical (unpaired) electrons. The molecule has 88 valence electrons. The first kappa shape index (κ1) is 11.8. The lowest BCUT2D eigenvalue weighted by atomic mass is 10.3. The number of aromatic nitrogens is 1. The van der Waals surface area contributed by atoms with Gasteiger partial charge in [-0.05, 0) is 0 Å². The van der Waals surface area contributed by atoms with Gasteiger partial charge in [0.25, 0.3) is 0 Å². The van der Waals surface area contributed by atoms with Crippen LogP contribution >= 0.6 is 22.9 Å². The third-order valence-corrected chi connectivity index (χ3v) is 3.82.